The van der Waals surface area contributed by atoms with Crippen molar-refractivity contribution < 1.29 is 9.59 Å². The molecule has 0 spiro atoms. The van der Waals surface area contributed by atoms with Crippen molar-refractivity contribution in [1.29, 1.82) is 0 Å². The van der Waals surface area contributed by atoms with Gasteiger partial charge in [0.25, 0.3) is 0 Å². The molecule has 24 heavy (non-hydrogen) atoms. The third-order valence-corrected chi connectivity index (χ3v) is 4.79. The summed E-state index contributed by atoms with van der Waals surface area (Å²) in [6, 6.07) is 12.4. The summed E-state index contributed by atoms with van der Waals surface area (Å²) in [4.78, 5) is 26.4. The van der Waals surface area contributed by atoms with Gasteiger partial charge >= 0.3 is 0 Å². The first-order valence-electron chi connectivity index (χ1n) is 7.57. The van der Waals surface area contributed by atoms with Crippen LogP contribution in [0.2, 0.25) is 10.0 Å². The molecule has 1 heterocycles. The standard InChI is InChI=1S/C18H16Cl2N2O2/c1-11-15(20)6-3-7-16(11)21-18(24)12-8-17(23)22(10-12)14-5-2-4-13(19)9-14/h2-7,9,12H,8,10H2,1H3,(H,21,24). The van der Waals surface area contributed by atoms with E-state index in [-0.39, 0.29) is 18.2 Å². The van der Waals surface area contributed by atoms with Gasteiger partial charge in [0.05, 0.1) is 5.92 Å². The molecule has 1 saturated heterocycles. The minimum atomic E-state index is -0.408. The lowest BCUT2D eigenvalue weighted by molar-refractivity contribution is -0.122. The van der Waals surface area contributed by atoms with Crippen LogP contribution in [0.5, 0.6) is 0 Å². The van der Waals surface area contributed by atoms with Crippen LogP contribution in [0.25, 0.3) is 0 Å². The second-order valence-electron chi connectivity index (χ2n) is 5.79. The predicted molar refractivity (Wildman–Crippen MR) is 96.7 cm³/mol. The van der Waals surface area contributed by atoms with Gasteiger partial charge in [0.15, 0.2) is 0 Å². The molecule has 0 bridgehead atoms. The van der Waals surface area contributed by atoms with E-state index in [0.717, 1.165) is 5.56 Å². The van der Waals surface area contributed by atoms with Gasteiger partial charge in [-0.1, -0.05) is 35.3 Å². The Morgan fingerprint density at radius 2 is 1.96 bits per heavy atom. The molecule has 2 aromatic carbocycles. The molecule has 1 N–H and O–H groups in total. The van der Waals surface area contributed by atoms with Crippen LogP contribution in [0.4, 0.5) is 11.4 Å². The summed E-state index contributed by atoms with van der Waals surface area (Å²) in [7, 11) is 0. The number of hydrogen-bond donors (Lipinski definition) is 1. The number of nitrogens with one attached hydrogen (secondary N) is 1. The maximum absolute atomic E-state index is 12.5. The fourth-order valence-corrected chi connectivity index (χ4v) is 3.11. The first-order valence-corrected chi connectivity index (χ1v) is 8.33. The van der Waals surface area contributed by atoms with Crippen molar-refractivity contribution in [2.75, 3.05) is 16.8 Å². The quantitative estimate of drug-likeness (QED) is 0.884. The van der Waals surface area contributed by atoms with Crippen molar-refractivity contribution in [1.82, 2.24) is 0 Å². The number of carbonyl (C=O) groups excluding carboxylic acids is 2. The topological polar surface area (TPSA) is 49.4 Å². The predicted octanol–water partition coefficient (Wildman–Crippen LogP) is 4.29. The SMILES string of the molecule is Cc1c(Cl)cccc1NC(=O)C1CC(=O)N(c2cccc(Cl)c2)C1. The molecule has 1 atom stereocenters. The van der Waals surface area contributed by atoms with E-state index in [2.05, 4.69) is 5.32 Å². The van der Waals surface area contributed by atoms with E-state index in [9.17, 15) is 9.59 Å². The van der Waals surface area contributed by atoms with E-state index < -0.39 is 5.92 Å². The summed E-state index contributed by atoms with van der Waals surface area (Å²) in [6.45, 7) is 2.18. The van der Waals surface area contributed by atoms with E-state index >= 15 is 0 Å². The molecule has 0 radical (unpaired) electrons. The lowest BCUT2D eigenvalue weighted by atomic mass is 10.1. The van der Waals surface area contributed by atoms with Crippen molar-refractivity contribution in [3.63, 3.8) is 0 Å². The average Bonchev–Trinajstić information content (AvgIpc) is 2.94. The maximum Gasteiger partial charge on any atom is 0.229 e. The third-order valence-electron chi connectivity index (χ3n) is 4.14. The summed E-state index contributed by atoms with van der Waals surface area (Å²) < 4.78 is 0. The fourth-order valence-electron chi connectivity index (χ4n) is 2.75. The highest BCUT2D eigenvalue weighted by atomic mass is 35.5. The molecule has 1 aliphatic rings. The van der Waals surface area contributed by atoms with Crippen molar-refractivity contribution in [2.24, 2.45) is 5.92 Å². The van der Waals surface area contributed by atoms with Crippen molar-refractivity contribution >= 4 is 46.4 Å². The monoisotopic (exact) mass is 362 g/mol. The highest BCUT2D eigenvalue weighted by molar-refractivity contribution is 6.32. The molecule has 1 fully saturated rings. The normalized spacial score (nSPS) is 17.2. The lowest BCUT2D eigenvalue weighted by Crippen LogP contribution is -2.28. The van der Waals surface area contributed by atoms with Crippen LogP contribution in [0.3, 0.4) is 0 Å². The number of carbonyl (C=O) groups is 2. The van der Waals surface area contributed by atoms with Crippen LogP contribution in [-0.4, -0.2) is 18.4 Å². The summed E-state index contributed by atoms with van der Waals surface area (Å²) in [5, 5.41) is 4.02. The summed E-state index contributed by atoms with van der Waals surface area (Å²) >= 11 is 12.1. The second-order valence-corrected chi connectivity index (χ2v) is 6.63. The average molecular weight is 363 g/mol. The van der Waals surface area contributed by atoms with Crippen LogP contribution < -0.4 is 10.2 Å². The lowest BCUT2D eigenvalue weighted by Gasteiger charge is -2.17. The second kappa shape index (κ2) is 6.83. The molecule has 0 aliphatic carbocycles. The van der Waals surface area contributed by atoms with Crippen LogP contribution >= 0.6 is 23.2 Å². The first-order chi connectivity index (χ1) is 11.5. The Bertz CT molecular complexity index is 807. The zero-order valence-electron chi connectivity index (χ0n) is 13.1. The Hall–Kier alpha value is -2.04. The van der Waals surface area contributed by atoms with E-state index in [1.54, 1.807) is 41.3 Å². The highest BCUT2D eigenvalue weighted by Gasteiger charge is 2.35. The molecule has 2 aromatic rings. The van der Waals surface area contributed by atoms with E-state index in [4.69, 9.17) is 23.2 Å². The van der Waals surface area contributed by atoms with Crippen LogP contribution in [0.1, 0.15) is 12.0 Å². The Balaban J connectivity index is 1.73. The first kappa shape index (κ1) is 16.8. The number of halogens is 2. The minimum absolute atomic E-state index is 0.0831. The Morgan fingerprint density at radius 3 is 2.71 bits per heavy atom. The Kier molecular flexibility index (Phi) is 4.78. The summed E-state index contributed by atoms with van der Waals surface area (Å²) in [6.07, 6.45) is 0.179. The number of rotatable bonds is 3. The molecule has 0 saturated carbocycles. The van der Waals surface area contributed by atoms with Crippen LogP contribution in [0, 0.1) is 12.8 Å². The van der Waals surface area contributed by atoms with Gasteiger partial charge in [0.2, 0.25) is 11.8 Å². The molecule has 1 aliphatic heterocycles. The summed E-state index contributed by atoms with van der Waals surface area (Å²) in [5.41, 5.74) is 2.19. The number of nitrogens with zero attached hydrogens (tertiary/aromatic N) is 1. The molecular formula is C18H16Cl2N2O2. The van der Waals surface area contributed by atoms with Gasteiger partial charge in [0, 0.05) is 34.4 Å². The van der Waals surface area contributed by atoms with E-state index in [1.807, 2.05) is 13.0 Å². The van der Waals surface area contributed by atoms with Gasteiger partial charge in [-0.3, -0.25) is 9.59 Å². The third kappa shape index (κ3) is 3.40. The van der Waals surface area contributed by atoms with Crippen molar-refractivity contribution in [3.8, 4) is 0 Å². The summed E-state index contributed by atoms with van der Waals surface area (Å²) in [5.74, 6) is -0.673. The number of hydrogen-bond acceptors (Lipinski definition) is 2. The van der Waals surface area contributed by atoms with Crippen molar-refractivity contribution in [2.45, 2.75) is 13.3 Å². The van der Waals surface area contributed by atoms with Gasteiger partial charge in [-0.05, 0) is 42.8 Å². The smallest absolute Gasteiger partial charge is 0.229 e. The zero-order valence-corrected chi connectivity index (χ0v) is 14.6. The van der Waals surface area contributed by atoms with Crippen molar-refractivity contribution in [3.05, 3.63) is 58.1 Å². The van der Waals surface area contributed by atoms with Gasteiger partial charge in [-0.2, -0.15) is 0 Å². The zero-order chi connectivity index (χ0) is 17.3. The molecule has 3 rings (SSSR count). The Labute approximate surface area is 150 Å². The molecule has 4 nitrogen and oxygen atoms in total. The largest absolute Gasteiger partial charge is 0.325 e. The molecule has 0 aromatic heterocycles. The van der Waals surface area contributed by atoms with Crippen LogP contribution in [0.15, 0.2) is 42.5 Å². The fraction of sp³-hybridized carbons (Fsp3) is 0.222. The number of anilines is 2. The van der Waals surface area contributed by atoms with Gasteiger partial charge in [-0.25, -0.2) is 0 Å². The molecule has 2 amide bonds. The molecule has 1 unspecified atom stereocenters. The maximum atomic E-state index is 12.5. The van der Waals surface area contributed by atoms with Gasteiger partial charge < -0.3 is 10.2 Å². The molecular weight excluding hydrogens is 347 g/mol. The molecule has 124 valence electrons. The van der Waals surface area contributed by atoms with Gasteiger partial charge in [-0.15, -0.1) is 0 Å². The highest BCUT2D eigenvalue weighted by Crippen LogP contribution is 2.29. The number of benzene rings is 2. The van der Waals surface area contributed by atoms with Crippen LogP contribution in [-0.2, 0) is 9.59 Å². The minimum Gasteiger partial charge on any atom is -0.325 e. The van der Waals surface area contributed by atoms with E-state index in [0.29, 0.717) is 28.0 Å². The Morgan fingerprint density at radius 1 is 1.21 bits per heavy atom. The number of amides is 2. The molecule has 6 heteroatoms. The van der Waals surface area contributed by atoms with Gasteiger partial charge in [0.1, 0.15) is 0 Å². The van der Waals surface area contributed by atoms with E-state index in [1.165, 1.54) is 0 Å².